The average molecular weight is 767 g/mol. The lowest BCUT2D eigenvalue weighted by molar-refractivity contribution is -0.108. The van der Waals surface area contributed by atoms with Crippen molar-refractivity contribution in [3.05, 3.63) is 70.3 Å². The summed E-state index contributed by atoms with van der Waals surface area (Å²) in [6, 6.07) is 12.0. The van der Waals surface area contributed by atoms with Gasteiger partial charge in [-0.15, -0.1) is 0 Å². The minimum atomic E-state index is -3.96. The number of nitrogens with one attached hydrogen (secondary N) is 1. The number of rotatable bonds is 3. The predicted octanol–water partition coefficient (Wildman–Crippen LogP) is 5.29. The van der Waals surface area contributed by atoms with E-state index in [0.717, 1.165) is 102 Å². The van der Waals surface area contributed by atoms with Gasteiger partial charge in [0.1, 0.15) is 11.4 Å². The van der Waals surface area contributed by atoms with E-state index in [1.165, 1.54) is 11.1 Å². The third-order valence-corrected chi connectivity index (χ3v) is 15.8. The van der Waals surface area contributed by atoms with Crippen molar-refractivity contribution in [3.63, 3.8) is 0 Å². The van der Waals surface area contributed by atoms with E-state index in [0.29, 0.717) is 36.3 Å². The molecule has 7 atom stereocenters. The smallest absolute Gasteiger partial charge is 0.264 e. The van der Waals surface area contributed by atoms with E-state index in [-0.39, 0.29) is 17.3 Å². The third-order valence-electron chi connectivity index (χ3n) is 13.6. The van der Waals surface area contributed by atoms with Crippen LogP contribution in [0.1, 0.15) is 67.4 Å². The van der Waals surface area contributed by atoms with Gasteiger partial charge in [0.15, 0.2) is 0 Å². The van der Waals surface area contributed by atoms with Crippen molar-refractivity contribution in [3.8, 4) is 5.75 Å². The van der Waals surface area contributed by atoms with Crippen LogP contribution in [0.4, 0.5) is 5.69 Å². The lowest BCUT2D eigenvalue weighted by Crippen LogP contribution is -2.62. The highest BCUT2D eigenvalue weighted by Crippen LogP contribution is 2.49. The molecule has 10 nitrogen and oxygen atoms in total. The Hall–Kier alpha value is -2.67. The Kier molecular flexibility index (Phi) is 10.4. The number of piperazine rings is 1. The van der Waals surface area contributed by atoms with Crippen LogP contribution in [-0.2, 0) is 31.3 Å². The summed E-state index contributed by atoms with van der Waals surface area (Å²) in [5, 5.41) is -0.0335. The van der Waals surface area contributed by atoms with E-state index in [2.05, 4.69) is 43.7 Å². The zero-order chi connectivity index (χ0) is 37.0. The van der Waals surface area contributed by atoms with Crippen molar-refractivity contribution in [2.45, 2.75) is 74.7 Å². The summed E-state index contributed by atoms with van der Waals surface area (Å²) in [7, 11) is -2.11. The maximum absolute atomic E-state index is 13.7. The van der Waals surface area contributed by atoms with Crippen molar-refractivity contribution in [1.82, 2.24) is 14.5 Å². The van der Waals surface area contributed by atoms with Gasteiger partial charge in [-0.1, -0.05) is 36.7 Å². The summed E-state index contributed by atoms with van der Waals surface area (Å²) in [5.41, 5.74) is 2.88. The van der Waals surface area contributed by atoms with Gasteiger partial charge in [-0.2, -0.15) is 0 Å². The average Bonchev–Trinajstić information content (AvgIpc) is 3.28. The van der Waals surface area contributed by atoms with Crippen molar-refractivity contribution in [2.75, 3.05) is 77.6 Å². The maximum Gasteiger partial charge on any atom is 0.264 e. The number of anilines is 1. The van der Waals surface area contributed by atoms with Crippen LogP contribution in [0.15, 0.2) is 48.6 Å². The highest BCUT2D eigenvalue weighted by atomic mass is 35.5. The Labute approximate surface area is 320 Å². The summed E-state index contributed by atoms with van der Waals surface area (Å²) >= 11 is 6.51. The van der Waals surface area contributed by atoms with Crippen LogP contribution >= 0.6 is 11.6 Å². The first-order valence-electron chi connectivity index (χ1n) is 19.6. The number of nitrogens with zero attached hydrogens (tertiary/aromatic N) is 3. The number of hydrogen-bond donors (Lipinski definition) is 1. The Morgan fingerprint density at radius 3 is 2.75 bits per heavy atom. The molecule has 8 rings (SSSR count). The van der Waals surface area contributed by atoms with Gasteiger partial charge in [-0.05, 0) is 105 Å². The lowest BCUT2D eigenvalue weighted by atomic mass is 9.63. The molecule has 53 heavy (non-hydrogen) atoms. The molecule has 1 N–H and O–H groups in total. The minimum absolute atomic E-state index is 0.223. The molecule has 2 aromatic rings. The topological polar surface area (TPSA) is 101 Å². The van der Waals surface area contributed by atoms with E-state index in [1.807, 2.05) is 32.2 Å². The Morgan fingerprint density at radius 1 is 1.08 bits per heavy atom. The molecule has 4 heterocycles. The number of halogens is 1. The second-order valence-electron chi connectivity index (χ2n) is 16.7. The van der Waals surface area contributed by atoms with Crippen molar-refractivity contribution >= 4 is 33.2 Å². The number of morpholine rings is 1. The van der Waals surface area contributed by atoms with Gasteiger partial charge in [-0.3, -0.25) is 14.6 Å². The molecular weight excluding hydrogens is 712 g/mol. The molecule has 0 aromatic heterocycles. The molecule has 1 spiro atoms. The molecule has 12 heteroatoms. The molecule has 0 radical (unpaired) electrons. The summed E-state index contributed by atoms with van der Waals surface area (Å²) in [5.74, 6) is 0.458. The predicted molar refractivity (Wildman–Crippen MR) is 208 cm³/mol. The molecule has 0 unspecified atom stereocenters. The van der Waals surface area contributed by atoms with E-state index in [9.17, 15) is 13.2 Å². The van der Waals surface area contributed by atoms with Crippen LogP contribution in [0.25, 0.3) is 0 Å². The molecule has 2 saturated heterocycles. The summed E-state index contributed by atoms with van der Waals surface area (Å²) in [6.07, 6.45) is 10.1. The number of ether oxygens (including phenoxy) is 3. The molecule has 2 aromatic carbocycles. The molecule has 1 saturated carbocycles. The first-order valence-corrected chi connectivity index (χ1v) is 21.6. The molecule has 2 aliphatic carbocycles. The normalized spacial score (nSPS) is 35.4. The number of carbonyl (C=O) groups excluding carboxylic acids is 1. The van der Waals surface area contributed by atoms with Gasteiger partial charge in [0.25, 0.3) is 5.91 Å². The fraction of sp³-hybridized carbons (Fsp3) is 0.634. The molecule has 4 aliphatic heterocycles. The van der Waals surface area contributed by atoms with E-state index >= 15 is 0 Å². The van der Waals surface area contributed by atoms with Gasteiger partial charge in [0.2, 0.25) is 10.0 Å². The highest BCUT2D eigenvalue weighted by Gasteiger charge is 2.50. The third kappa shape index (κ3) is 7.15. The summed E-state index contributed by atoms with van der Waals surface area (Å²) in [4.78, 5) is 21.2. The second kappa shape index (κ2) is 14.8. The molecule has 1 amide bonds. The second-order valence-corrected chi connectivity index (χ2v) is 19.2. The fourth-order valence-electron chi connectivity index (χ4n) is 10.1. The molecule has 2 bridgehead atoms. The van der Waals surface area contributed by atoms with E-state index in [1.54, 1.807) is 13.0 Å². The van der Waals surface area contributed by atoms with Crippen molar-refractivity contribution < 1.29 is 27.4 Å². The van der Waals surface area contributed by atoms with Gasteiger partial charge in [-0.25, -0.2) is 13.1 Å². The monoisotopic (exact) mass is 766 g/mol. The first kappa shape index (κ1) is 37.3. The van der Waals surface area contributed by atoms with Gasteiger partial charge in [0.05, 0.1) is 30.8 Å². The van der Waals surface area contributed by atoms with Crippen LogP contribution < -0.4 is 14.4 Å². The quantitative estimate of drug-likeness (QED) is 0.419. The number of aryl methyl sites for hydroxylation is 1. The number of allylic oxidation sites excluding steroid dienone is 1. The Bertz CT molecular complexity index is 1840. The zero-order valence-corrected chi connectivity index (χ0v) is 33.0. The van der Waals surface area contributed by atoms with Gasteiger partial charge in [0, 0.05) is 75.0 Å². The van der Waals surface area contributed by atoms with E-state index < -0.39 is 26.8 Å². The lowest BCUT2D eigenvalue weighted by Gasteiger charge is -2.53. The molecule has 3 fully saturated rings. The van der Waals surface area contributed by atoms with Crippen molar-refractivity contribution in [1.29, 1.82) is 0 Å². The zero-order valence-electron chi connectivity index (χ0n) is 31.4. The summed E-state index contributed by atoms with van der Waals surface area (Å²) in [6.45, 7) is 11.9. The SMILES string of the molecule is CO[C@]1(CN2CCN3CCOC[C@@H]3C2)/C=C/C[C@H](C)[C@@H](C)S(=O)(=O)NC(=O)c2ccc3c(c2)N(C[C@@H]2CC[C@H]21)C[C@@]1(CCCc2cc(Cl)ccc21)CO3. The number of carbonyl (C=O) groups is 1. The van der Waals surface area contributed by atoms with Crippen LogP contribution in [0.2, 0.25) is 5.02 Å². The number of hydrogen-bond acceptors (Lipinski definition) is 9. The maximum atomic E-state index is 13.7. The molecule has 6 aliphatic rings. The first-order chi connectivity index (χ1) is 25.5. The number of methoxy groups -OCH3 is 1. The van der Waals surface area contributed by atoms with Crippen LogP contribution in [-0.4, -0.2) is 114 Å². The minimum Gasteiger partial charge on any atom is -0.490 e. The largest absolute Gasteiger partial charge is 0.490 e. The molecule has 288 valence electrons. The Balaban J connectivity index is 1.19. The van der Waals surface area contributed by atoms with E-state index in [4.69, 9.17) is 25.8 Å². The van der Waals surface area contributed by atoms with Crippen molar-refractivity contribution in [2.24, 2.45) is 17.8 Å². The Morgan fingerprint density at radius 2 is 1.94 bits per heavy atom. The fourth-order valence-corrected chi connectivity index (χ4v) is 11.6. The number of amides is 1. The van der Waals surface area contributed by atoms with Crippen LogP contribution in [0, 0.1) is 17.8 Å². The van der Waals surface area contributed by atoms with Gasteiger partial charge >= 0.3 is 0 Å². The number of sulfonamides is 1. The number of benzene rings is 2. The van der Waals surface area contributed by atoms with Gasteiger partial charge < -0.3 is 19.1 Å². The highest BCUT2D eigenvalue weighted by molar-refractivity contribution is 7.90. The van der Waals surface area contributed by atoms with Crippen LogP contribution in [0.5, 0.6) is 5.75 Å². The standard InChI is InChI=1S/C41H55ClN4O6S/c1-28-6-4-15-41(50-3,26-44-16-17-45-18-19-51-24-34(45)23-44)36-11-8-32(36)22-46-25-40(14-5-7-30-20-33(42)10-12-35(30)40)27-52-38-13-9-31(21-37(38)46)39(47)43-53(48,49)29(28)2/h4,9-10,12-13,15,20-21,28-29,32,34,36H,5-8,11,14,16-19,22-27H2,1-3H3,(H,43,47)/b15-4+/t28-,29+,32-,34-,36+,40-,41-/m0/s1. The summed E-state index contributed by atoms with van der Waals surface area (Å²) < 4.78 is 49.0. The number of fused-ring (bicyclic) bond motifs is 5. The molecular formula is C41H55ClN4O6S. The van der Waals surface area contributed by atoms with Crippen LogP contribution in [0.3, 0.4) is 0 Å².